The molecule has 6 heteroatoms. The smallest absolute Gasteiger partial charge is 0.295 e. The molecule has 1 amide bonds. The van der Waals surface area contributed by atoms with E-state index in [0.717, 1.165) is 5.56 Å². The van der Waals surface area contributed by atoms with E-state index in [2.05, 4.69) is 0 Å². The second kappa shape index (κ2) is 10.1. The van der Waals surface area contributed by atoms with Gasteiger partial charge in [-0.15, -0.1) is 0 Å². The van der Waals surface area contributed by atoms with Gasteiger partial charge in [-0.3, -0.25) is 9.59 Å². The van der Waals surface area contributed by atoms with Gasteiger partial charge < -0.3 is 19.5 Å². The molecule has 0 radical (unpaired) electrons. The number of carbonyl (C=O) groups is 2. The Bertz CT molecular complexity index is 1160. The summed E-state index contributed by atoms with van der Waals surface area (Å²) in [4.78, 5) is 27.3. The number of ketones is 1. The largest absolute Gasteiger partial charge is 0.507 e. The van der Waals surface area contributed by atoms with Crippen LogP contribution in [0.25, 0.3) is 5.76 Å². The minimum Gasteiger partial charge on any atom is -0.507 e. The van der Waals surface area contributed by atoms with E-state index in [1.807, 2.05) is 54.6 Å². The van der Waals surface area contributed by atoms with E-state index >= 15 is 0 Å². The van der Waals surface area contributed by atoms with E-state index in [9.17, 15) is 14.7 Å². The number of nitrogens with zero attached hydrogens (tertiary/aromatic N) is 1. The van der Waals surface area contributed by atoms with Gasteiger partial charge in [0.25, 0.3) is 11.7 Å². The van der Waals surface area contributed by atoms with Gasteiger partial charge in [-0.05, 0) is 23.3 Å². The van der Waals surface area contributed by atoms with E-state index < -0.39 is 17.7 Å². The van der Waals surface area contributed by atoms with Crippen molar-refractivity contribution in [1.82, 2.24) is 4.90 Å². The molecule has 3 aromatic carbocycles. The molecule has 0 aromatic heterocycles. The van der Waals surface area contributed by atoms with Crippen LogP contribution in [0.4, 0.5) is 0 Å². The number of amides is 1. The summed E-state index contributed by atoms with van der Waals surface area (Å²) in [7, 11) is 1.54. The summed E-state index contributed by atoms with van der Waals surface area (Å²) in [5, 5.41) is 11.0. The Hall–Kier alpha value is -3.90. The number of Topliss-reactive ketones (excluding diaryl/α,β-unsaturated/α-hetero) is 1. The van der Waals surface area contributed by atoms with Crippen molar-refractivity contribution in [3.8, 4) is 5.75 Å². The summed E-state index contributed by atoms with van der Waals surface area (Å²) >= 11 is 0. The second-order valence-electron chi connectivity index (χ2n) is 7.70. The van der Waals surface area contributed by atoms with Gasteiger partial charge >= 0.3 is 0 Å². The summed E-state index contributed by atoms with van der Waals surface area (Å²) in [5.41, 5.74) is 2.23. The molecule has 33 heavy (non-hydrogen) atoms. The van der Waals surface area contributed by atoms with Gasteiger partial charge in [0.1, 0.15) is 18.1 Å². The van der Waals surface area contributed by atoms with Crippen LogP contribution in [-0.2, 0) is 20.9 Å². The van der Waals surface area contributed by atoms with E-state index in [-0.39, 0.29) is 24.5 Å². The van der Waals surface area contributed by atoms with Crippen molar-refractivity contribution in [2.45, 2.75) is 12.6 Å². The van der Waals surface area contributed by atoms with E-state index in [1.165, 1.54) is 12.0 Å². The molecule has 6 nitrogen and oxygen atoms in total. The SMILES string of the molecule is COCCN1C(=O)C(=O)/C(=C(/O)c2ccccc2)C1c1cccc(OCc2ccccc2)c1. The van der Waals surface area contributed by atoms with Crippen LogP contribution in [0.15, 0.2) is 90.5 Å². The molecule has 168 valence electrons. The van der Waals surface area contributed by atoms with Crippen molar-refractivity contribution in [3.05, 3.63) is 107 Å². The maximum atomic E-state index is 13.0. The highest BCUT2D eigenvalue weighted by Crippen LogP contribution is 2.40. The molecule has 0 aliphatic carbocycles. The zero-order valence-corrected chi connectivity index (χ0v) is 18.3. The second-order valence-corrected chi connectivity index (χ2v) is 7.70. The molecule has 0 bridgehead atoms. The highest BCUT2D eigenvalue weighted by molar-refractivity contribution is 6.46. The molecule has 1 aliphatic rings. The van der Waals surface area contributed by atoms with Crippen LogP contribution < -0.4 is 4.74 Å². The molecule has 1 heterocycles. The fourth-order valence-electron chi connectivity index (χ4n) is 3.91. The molecule has 1 atom stereocenters. The standard InChI is InChI=1S/C27H25NO5/c1-32-16-15-28-24(23(26(30)27(28)31)25(29)20-11-6-3-7-12-20)21-13-8-14-22(17-21)33-18-19-9-4-2-5-10-19/h2-14,17,24,29H,15-16,18H2,1H3/b25-23+. The lowest BCUT2D eigenvalue weighted by molar-refractivity contribution is -0.140. The van der Waals surface area contributed by atoms with Gasteiger partial charge in [-0.25, -0.2) is 0 Å². The minimum atomic E-state index is -0.749. The van der Waals surface area contributed by atoms with Gasteiger partial charge in [0.05, 0.1) is 18.2 Å². The number of aliphatic hydroxyl groups is 1. The van der Waals surface area contributed by atoms with Gasteiger partial charge in [-0.2, -0.15) is 0 Å². The van der Waals surface area contributed by atoms with Crippen molar-refractivity contribution >= 4 is 17.4 Å². The Balaban J connectivity index is 1.72. The molecular weight excluding hydrogens is 418 g/mol. The number of ether oxygens (including phenoxy) is 2. The third-order valence-electron chi connectivity index (χ3n) is 5.55. The zero-order valence-electron chi connectivity index (χ0n) is 18.3. The van der Waals surface area contributed by atoms with E-state index in [0.29, 0.717) is 23.5 Å². The number of aliphatic hydroxyl groups excluding tert-OH is 1. The van der Waals surface area contributed by atoms with Crippen molar-refractivity contribution in [3.63, 3.8) is 0 Å². The molecule has 1 unspecified atom stereocenters. The average Bonchev–Trinajstić information content (AvgIpc) is 3.12. The highest BCUT2D eigenvalue weighted by atomic mass is 16.5. The lowest BCUT2D eigenvalue weighted by Gasteiger charge is -2.25. The maximum absolute atomic E-state index is 13.0. The Labute approximate surface area is 192 Å². The lowest BCUT2D eigenvalue weighted by atomic mass is 9.95. The van der Waals surface area contributed by atoms with Crippen LogP contribution in [0.5, 0.6) is 5.75 Å². The highest BCUT2D eigenvalue weighted by Gasteiger charge is 2.45. The number of likely N-dealkylation sites (tertiary alicyclic amines) is 1. The third kappa shape index (κ3) is 4.81. The summed E-state index contributed by atoms with van der Waals surface area (Å²) in [5.74, 6) is -0.971. The quantitative estimate of drug-likeness (QED) is 0.319. The molecule has 1 saturated heterocycles. The van der Waals surface area contributed by atoms with Crippen molar-refractivity contribution in [1.29, 1.82) is 0 Å². The normalized spacial score (nSPS) is 17.4. The van der Waals surface area contributed by atoms with Crippen LogP contribution in [0, 0.1) is 0 Å². The molecule has 3 aromatic rings. The van der Waals surface area contributed by atoms with Crippen LogP contribution in [0.3, 0.4) is 0 Å². The molecular formula is C27H25NO5. The maximum Gasteiger partial charge on any atom is 0.295 e. The number of rotatable bonds is 8. The van der Waals surface area contributed by atoms with Crippen LogP contribution in [0.2, 0.25) is 0 Å². The molecule has 1 N–H and O–H groups in total. The predicted molar refractivity (Wildman–Crippen MR) is 125 cm³/mol. The fourth-order valence-corrected chi connectivity index (χ4v) is 3.91. The topological polar surface area (TPSA) is 76.1 Å². The first-order valence-corrected chi connectivity index (χ1v) is 10.7. The summed E-state index contributed by atoms with van der Waals surface area (Å²) in [6.07, 6.45) is 0. The molecule has 1 aliphatic heterocycles. The number of hydrogen-bond acceptors (Lipinski definition) is 5. The van der Waals surface area contributed by atoms with E-state index in [1.54, 1.807) is 30.3 Å². The average molecular weight is 443 g/mol. The Morgan fingerprint density at radius 2 is 1.64 bits per heavy atom. The first kappa shape index (κ1) is 22.3. The summed E-state index contributed by atoms with van der Waals surface area (Å²) < 4.78 is 11.1. The molecule has 4 rings (SSSR count). The van der Waals surface area contributed by atoms with Crippen LogP contribution >= 0.6 is 0 Å². The Morgan fingerprint density at radius 3 is 2.33 bits per heavy atom. The van der Waals surface area contributed by atoms with Crippen LogP contribution in [0.1, 0.15) is 22.7 Å². The molecule has 1 fully saturated rings. The monoisotopic (exact) mass is 443 g/mol. The Morgan fingerprint density at radius 1 is 0.939 bits per heavy atom. The number of carbonyl (C=O) groups excluding carboxylic acids is 2. The molecule has 0 saturated carbocycles. The van der Waals surface area contributed by atoms with Crippen molar-refractivity contribution in [2.75, 3.05) is 20.3 Å². The third-order valence-corrected chi connectivity index (χ3v) is 5.55. The van der Waals surface area contributed by atoms with Gasteiger partial charge in [-0.1, -0.05) is 72.8 Å². The first-order valence-electron chi connectivity index (χ1n) is 10.7. The van der Waals surface area contributed by atoms with Gasteiger partial charge in [0.2, 0.25) is 0 Å². The predicted octanol–water partition coefficient (Wildman–Crippen LogP) is 4.33. The number of benzene rings is 3. The lowest BCUT2D eigenvalue weighted by Crippen LogP contribution is -2.32. The van der Waals surface area contributed by atoms with Gasteiger partial charge in [0, 0.05) is 19.2 Å². The Kier molecular flexibility index (Phi) is 6.86. The number of methoxy groups -OCH3 is 1. The van der Waals surface area contributed by atoms with E-state index in [4.69, 9.17) is 9.47 Å². The van der Waals surface area contributed by atoms with Gasteiger partial charge in [0.15, 0.2) is 0 Å². The van der Waals surface area contributed by atoms with Crippen molar-refractivity contribution < 1.29 is 24.2 Å². The number of hydrogen-bond donors (Lipinski definition) is 1. The summed E-state index contributed by atoms with van der Waals surface area (Å²) in [6.45, 7) is 0.865. The van der Waals surface area contributed by atoms with Crippen LogP contribution in [-0.4, -0.2) is 42.0 Å². The summed E-state index contributed by atoms with van der Waals surface area (Å²) in [6, 6.07) is 25.1. The first-order chi connectivity index (χ1) is 16.1. The molecule has 0 spiro atoms. The fraction of sp³-hybridized carbons (Fsp3) is 0.185. The minimum absolute atomic E-state index is 0.0579. The zero-order chi connectivity index (χ0) is 23.2. The van der Waals surface area contributed by atoms with Crippen molar-refractivity contribution in [2.24, 2.45) is 0 Å².